The van der Waals surface area contributed by atoms with Gasteiger partial charge in [0.15, 0.2) is 5.82 Å². The Labute approximate surface area is 154 Å². The summed E-state index contributed by atoms with van der Waals surface area (Å²) in [5.41, 5.74) is 0.764. The fourth-order valence-corrected chi connectivity index (χ4v) is 2.60. The lowest BCUT2D eigenvalue weighted by Gasteiger charge is -2.05. The van der Waals surface area contributed by atoms with E-state index in [9.17, 15) is 4.79 Å². The fraction of sp³-hybridized carbons (Fsp3) is 0.100. The molecule has 132 valence electrons. The van der Waals surface area contributed by atoms with Crippen molar-refractivity contribution >= 4 is 41.3 Å². The Hall–Kier alpha value is -3.74. The van der Waals surface area contributed by atoms with Gasteiger partial charge in [-0.25, -0.2) is 20.0 Å². The average Bonchev–Trinajstić information content (AvgIpc) is 2.69. The highest BCUT2D eigenvalue weighted by atomic mass is 16.5. The molecule has 0 unspecified atom stereocenters. The highest BCUT2D eigenvalue weighted by Gasteiger charge is 2.05. The summed E-state index contributed by atoms with van der Waals surface area (Å²) in [5, 5.41) is 2.31. The van der Waals surface area contributed by atoms with Crippen LogP contribution in [0.5, 0.6) is 5.75 Å². The van der Waals surface area contributed by atoms with Gasteiger partial charge in [0.1, 0.15) is 18.7 Å². The van der Waals surface area contributed by atoms with Gasteiger partial charge in [0.05, 0.1) is 17.3 Å². The number of amides is 1. The van der Waals surface area contributed by atoms with Crippen molar-refractivity contribution in [3.63, 3.8) is 0 Å². The summed E-state index contributed by atoms with van der Waals surface area (Å²) in [7, 11) is 0. The first-order valence-electron chi connectivity index (χ1n) is 8.38. The molecule has 7 heteroatoms. The number of rotatable bonds is 0. The van der Waals surface area contributed by atoms with E-state index in [1.807, 2.05) is 42.5 Å². The summed E-state index contributed by atoms with van der Waals surface area (Å²) >= 11 is 0. The lowest BCUT2D eigenvalue weighted by Crippen LogP contribution is -2.23. The molecule has 0 atom stereocenters. The molecule has 4 rings (SSSR count). The Kier molecular flexibility index (Phi) is 4.74. The maximum atomic E-state index is 11.7. The van der Waals surface area contributed by atoms with Crippen molar-refractivity contribution in [3.05, 3.63) is 59.4 Å². The van der Waals surface area contributed by atoms with Crippen LogP contribution in [0.2, 0.25) is 0 Å². The molecular weight excluding hydrogens is 342 g/mol. The van der Waals surface area contributed by atoms with Gasteiger partial charge in [-0.1, -0.05) is 18.2 Å². The van der Waals surface area contributed by atoms with E-state index in [2.05, 4.69) is 20.0 Å². The van der Waals surface area contributed by atoms with E-state index in [4.69, 9.17) is 9.73 Å². The largest absolute Gasteiger partial charge is 0.488 e. The summed E-state index contributed by atoms with van der Waals surface area (Å²) in [6.07, 6.45) is 6.24. The Morgan fingerprint density at radius 1 is 1.00 bits per heavy atom. The molecule has 3 aromatic rings. The second kappa shape index (κ2) is 7.65. The quantitative estimate of drug-likeness (QED) is 0.613. The Morgan fingerprint density at radius 2 is 1.93 bits per heavy atom. The molecule has 1 aliphatic heterocycles. The standard InChI is InChI=1S/C20H15N5O2/c26-19-7-8-21-12-14-3-1-2-4-17(14)25-20-16-11-15(27-10-9-22-19)5-6-18(16)23-13-24-20/h1-6,8-9,11-13H,7,10H2/b14-12-,21-8?,22-9?,25-17?. The summed E-state index contributed by atoms with van der Waals surface area (Å²) in [4.78, 5) is 33.1. The van der Waals surface area contributed by atoms with Crippen molar-refractivity contribution in [2.24, 2.45) is 15.0 Å². The molecule has 7 nitrogen and oxygen atoms in total. The van der Waals surface area contributed by atoms with Crippen LogP contribution in [0, 0.1) is 0 Å². The third-order valence-electron chi connectivity index (χ3n) is 3.89. The number of hydrogen-bond acceptors (Lipinski definition) is 6. The van der Waals surface area contributed by atoms with Crippen molar-refractivity contribution in [2.75, 3.05) is 6.61 Å². The van der Waals surface area contributed by atoms with E-state index in [1.54, 1.807) is 6.20 Å². The van der Waals surface area contributed by atoms with Crippen LogP contribution < -0.4 is 15.3 Å². The number of para-hydroxylation sites is 1. The number of ether oxygens (including phenoxy) is 1. The molecule has 0 aliphatic carbocycles. The van der Waals surface area contributed by atoms with E-state index in [1.165, 1.54) is 18.8 Å². The monoisotopic (exact) mass is 357 g/mol. The highest BCUT2D eigenvalue weighted by molar-refractivity contribution is 5.95. The zero-order valence-corrected chi connectivity index (χ0v) is 14.3. The SMILES string of the molecule is O=C1CC=N/C=c2/ccccc2=Nc2ncnc3ccc(cc23)OCC=N1. The number of carbonyl (C=O) groups is 1. The lowest BCUT2D eigenvalue weighted by molar-refractivity contribution is -0.116. The smallest absolute Gasteiger partial charge is 0.250 e. The van der Waals surface area contributed by atoms with Crippen molar-refractivity contribution in [3.8, 4) is 5.75 Å². The number of aromatic nitrogens is 2. The van der Waals surface area contributed by atoms with Gasteiger partial charge < -0.3 is 4.74 Å². The normalized spacial score (nSPS) is 15.6. The van der Waals surface area contributed by atoms with Crippen LogP contribution in [0.25, 0.3) is 17.1 Å². The Morgan fingerprint density at radius 3 is 2.89 bits per heavy atom. The minimum Gasteiger partial charge on any atom is -0.488 e. The predicted octanol–water partition coefficient (Wildman–Crippen LogP) is 1.77. The van der Waals surface area contributed by atoms with Crippen molar-refractivity contribution in [2.45, 2.75) is 6.42 Å². The third kappa shape index (κ3) is 3.92. The van der Waals surface area contributed by atoms with Gasteiger partial charge in [-0.05, 0) is 24.3 Å². The van der Waals surface area contributed by atoms with E-state index in [0.717, 1.165) is 21.5 Å². The predicted molar refractivity (Wildman–Crippen MR) is 103 cm³/mol. The van der Waals surface area contributed by atoms with Crippen molar-refractivity contribution < 1.29 is 9.53 Å². The topological polar surface area (TPSA) is 89.2 Å². The zero-order chi connectivity index (χ0) is 18.5. The minimum atomic E-state index is -0.282. The molecule has 1 aliphatic rings. The Bertz CT molecular complexity index is 1180. The molecular formula is C20H15N5O2. The van der Waals surface area contributed by atoms with Crippen LogP contribution in [-0.2, 0) is 4.79 Å². The van der Waals surface area contributed by atoms with Gasteiger partial charge in [-0.3, -0.25) is 9.79 Å². The molecule has 0 saturated heterocycles. The first-order chi connectivity index (χ1) is 13.3. The molecule has 1 amide bonds. The number of aliphatic imine (C=N–C) groups is 2. The molecule has 0 spiro atoms. The molecule has 1 aromatic heterocycles. The van der Waals surface area contributed by atoms with Gasteiger partial charge in [-0.2, -0.15) is 0 Å². The number of fused-ring (bicyclic) bond motifs is 2. The van der Waals surface area contributed by atoms with Gasteiger partial charge in [0.25, 0.3) is 5.91 Å². The van der Waals surface area contributed by atoms with Crippen LogP contribution in [0.3, 0.4) is 0 Å². The third-order valence-corrected chi connectivity index (χ3v) is 3.89. The number of hydrogen-bond donors (Lipinski definition) is 0. The number of carbonyl (C=O) groups excluding carboxylic acids is 1. The van der Waals surface area contributed by atoms with Crippen molar-refractivity contribution in [1.29, 1.82) is 0 Å². The summed E-state index contributed by atoms with van der Waals surface area (Å²) in [6.45, 7) is 0.184. The molecule has 27 heavy (non-hydrogen) atoms. The summed E-state index contributed by atoms with van der Waals surface area (Å²) < 4.78 is 5.65. The fourth-order valence-electron chi connectivity index (χ4n) is 2.60. The van der Waals surface area contributed by atoms with Gasteiger partial charge in [-0.15, -0.1) is 0 Å². The first kappa shape index (κ1) is 16.7. The maximum Gasteiger partial charge on any atom is 0.250 e. The highest BCUT2D eigenvalue weighted by Crippen LogP contribution is 2.25. The van der Waals surface area contributed by atoms with Crippen LogP contribution in [-0.4, -0.2) is 34.9 Å². The zero-order valence-electron chi connectivity index (χ0n) is 14.3. The molecule has 2 heterocycles. The van der Waals surface area contributed by atoms with Crippen molar-refractivity contribution in [1.82, 2.24) is 9.97 Å². The summed E-state index contributed by atoms with van der Waals surface area (Å²) in [5.74, 6) is 0.891. The second-order valence-electron chi connectivity index (χ2n) is 5.73. The number of nitrogens with zero attached hydrogens (tertiary/aromatic N) is 5. The van der Waals surface area contributed by atoms with E-state index in [-0.39, 0.29) is 18.9 Å². The second-order valence-corrected chi connectivity index (χ2v) is 5.73. The van der Waals surface area contributed by atoms with Crippen LogP contribution >= 0.6 is 0 Å². The van der Waals surface area contributed by atoms with Crippen LogP contribution in [0.15, 0.2) is 63.8 Å². The Balaban J connectivity index is 1.94. The van der Waals surface area contributed by atoms with Crippen LogP contribution in [0.1, 0.15) is 6.42 Å². The molecule has 2 aromatic carbocycles. The maximum absolute atomic E-state index is 11.7. The molecule has 2 bridgehead atoms. The first-order valence-corrected chi connectivity index (χ1v) is 8.38. The van der Waals surface area contributed by atoms with E-state index in [0.29, 0.717) is 11.6 Å². The van der Waals surface area contributed by atoms with E-state index < -0.39 is 0 Å². The average molecular weight is 357 g/mol. The molecule has 0 fully saturated rings. The lowest BCUT2D eigenvalue weighted by atomic mass is 10.2. The number of benzene rings is 2. The minimum absolute atomic E-state index is 0.119. The van der Waals surface area contributed by atoms with E-state index >= 15 is 0 Å². The van der Waals surface area contributed by atoms with Gasteiger partial charge >= 0.3 is 0 Å². The molecule has 0 radical (unpaired) electrons. The van der Waals surface area contributed by atoms with Gasteiger partial charge in [0, 0.05) is 29.2 Å². The molecule has 0 N–H and O–H groups in total. The summed E-state index contributed by atoms with van der Waals surface area (Å²) in [6, 6.07) is 13.1. The van der Waals surface area contributed by atoms with Gasteiger partial charge in [0.2, 0.25) is 0 Å². The molecule has 0 saturated carbocycles. The van der Waals surface area contributed by atoms with Crippen LogP contribution in [0.4, 0.5) is 5.82 Å².